The van der Waals surface area contributed by atoms with E-state index in [2.05, 4.69) is 51.7 Å². The third-order valence-corrected chi connectivity index (χ3v) is 5.70. The molecule has 2 heterocycles. The zero-order valence-corrected chi connectivity index (χ0v) is 17.4. The maximum atomic E-state index is 12.9. The lowest BCUT2D eigenvalue weighted by Gasteiger charge is -2.35. The topological polar surface area (TPSA) is 62.2 Å². The Labute approximate surface area is 173 Å². The van der Waals surface area contributed by atoms with Gasteiger partial charge in [-0.3, -0.25) is 9.69 Å². The van der Waals surface area contributed by atoms with Crippen molar-refractivity contribution in [2.45, 2.75) is 31.8 Å². The molecule has 1 aromatic heterocycles. The highest BCUT2D eigenvalue weighted by atomic mass is 35.5. The minimum absolute atomic E-state index is 0. The van der Waals surface area contributed by atoms with Gasteiger partial charge in [0.15, 0.2) is 0 Å². The van der Waals surface area contributed by atoms with Gasteiger partial charge in [0.1, 0.15) is 5.82 Å². The molecule has 0 radical (unpaired) electrons. The zero-order chi connectivity index (χ0) is 18.8. The number of nitrogens with zero attached hydrogens (tertiary/aromatic N) is 3. The third-order valence-electron chi connectivity index (χ3n) is 5.70. The number of rotatable bonds is 6. The average molecular weight is 404 g/mol. The fraction of sp³-hybridized carbons (Fsp3) is 0.524. The number of carbonyl (C=O) groups excluding carboxylic acids is 1. The van der Waals surface area contributed by atoms with Gasteiger partial charge in [-0.2, -0.15) is 0 Å². The lowest BCUT2D eigenvalue weighted by Crippen LogP contribution is -2.50. The summed E-state index contributed by atoms with van der Waals surface area (Å²) in [5, 5.41) is 6.74. The molecule has 28 heavy (non-hydrogen) atoms. The van der Waals surface area contributed by atoms with E-state index >= 15 is 0 Å². The van der Waals surface area contributed by atoms with Gasteiger partial charge in [-0.25, -0.2) is 4.98 Å². The molecule has 0 spiro atoms. The van der Waals surface area contributed by atoms with Crippen LogP contribution in [0.2, 0.25) is 0 Å². The summed E-state index contributed by atoms with van der Waals surface area (Å²) in [4.78, 5) is 19.6. The first-order chi connectivity index (χ1) is 13.1. The molecule has 1 saturated carbocycles. The highest BCUT2D eigenvalue weighted by molar-refractivity contribution is 5.85. The van der Waals surface area contributed by atoms with Crippen LogP contribution in [0.3, 0.4) is 0 Å². The number of halogens is 1. The summed E-state index contributed by atoms with van der Waals surface area (Å²) in [5.41, 5.74) is 2.47. The fourth-order valence-electron chi connectivity index (χ4n) is 3.97. The summed E-state index contributed by atoms with van der Waals surface area (Å²) in [6.45, 7) is 5.08. The number of nitrogens with one attached hydrogen (secondary N) is 2. The van der Waals surface area contributed by atoms with Crippen molar-refractivity contribution in [1.29, 1.82) is 0 Å². The fourth-order valence-corrected chi connectivity index (χ4v) is 3.97. The molecule has 1 aliphatic heterocycles. The number of hydrogen-bond donors (Lipinski definition) is 2. The number of piperazine rings is 1. The Bertz CT molecular complexity index is 786. The lowest BCUT2D eigenvalue weighted by molar-refractivity contribution is -0.124. The SMILES string of the molecule is Cc1ccc(C(NC(=O)CN2CCNCC2c2nccn2C)C2CC2)cc1.Cl. The van der Waals surface area contributed by atoms with Crippen LogP contribution < -0.4 is 10.6 Å². The molecule has 1 aromatic carbocycles. The van der Waals surface area contributed by atoms with Crippen LogP contribution >= 0.6 is 12.4 Å². The van der Waals surface area contributed by atoms with Gasteiger partial charge in [-0.1, -0.05) is 29.8 Å². The van der Waals surface area contributed by atoms with E-state index in [-0.39, 0.29) is 30.4 Å². The van der Waals surface area contributed by atoms with Crippen LogP contribution in [0.5, 0.6) is 0 Å². The molecule has 2 aliphatic rings. The zero-order valence-electron chi connectivity index (χ0n) is 16.6. The summed E-state index contributed by atoms with van der Waals surface area (Å²) >= 11 is 0. The molecule has 1 amide bonds. The molecule has 152 valence electrons. The second-order valence-electron chi connectivity index (χ2n) is 7.88. The standard InChI is InChI=1S/C21H29N5O.ClH/c1-15-3-5-16(6-4-15)20(17-7-8-17)24-19(27)14-26-12-9-22-13-18(26)21-23-10-11-25(21)2;/h3-6,10-11,17-18,20,22H,7-9,12-14H2,1-2H3,(H,24,27);1H. The summed E-state index contributed by atoms with van der Waals surface area (Å²) in [6.07, 6.45) is 6.18. The van der Waals surface area contributed by atoms with Gasteiger partial charge in [0, 0.05) is 39.1 Å². The molecule has 2 fully saturated rings. The molecule has 1 saturated heterocycles. The van der Waals surface area contributed by atoms with E-state index in [4.69, 9.17) is 0 Å². The quantitative estimate of drug-likeness (QED) is 0.777. The molecule has 7 heteroatoms. The normalized spacial score (nSPS) is 21.0. The number of amides is 1. The highest BCUT2D eigenvalue weighted by Crippen LogP contribution is 2.41. The van der Waals surface area contributed by atoms with Gasteiger partial charge < -0.3 is 15.2 Å². The highest BCUT2D eigenvalue weighted by Gasteiger charge is 2.34. The van der Waals surface area contributed by atoms with Gasteiger partial charge in [0.2, 0.25) is 5.91 Å². The predicted molar refractivity (Wildman–Crippen MR) is 112 cm³/mol. The number of carbonyl (C=O) groups is 1. The predicted octanol–water partition coefficient (Wildman–Crippen LogP) is 2.36. The van der Waals surface area contributed by atoms with Crippen LogP contribution in [0.15, 0.2) is 36.7 Å². The minimum atomic E-state index is 0. The molecular weight excluding hydrogens is 374 g/mol. The van der Waals surface area contributed by atoms with Gasteiger partial charge in [-0.05, 0) is 31.2 Å². The Morgan fingerprint density at radius 2 is 2.07 bits per heavy atom. The maximum Gasteiger partial charge on any atom is 0.234 e. The Morgan fingerprint density at radius 1 is 1.32 bits per heavy atom. The van der Waals surface area contributed by atoms with Crippen LogP contribution in [0.4, 0.5) is 0 Å². The first-order valence-electron chi connectivity index (χ1n) is 9.90. The van der Waals surface area contributed by atoms with E-state index in [0.29, 0.717) is 12.5 Å². The third kappa shape index (κ3) is 4.74. The van der Waals surface area contributed by atoms with Gasteiger partial charge in [0.25, 0.3) is 0 Å². The molecule has 2 N–H and O–H groups in total. The molecule has 0 bridgehead atoms. The number of aryl methyl sites for hydroxylation is 2. The first-order valence-corrected chi connectivity index (χ1v) is 9.90. The Hall–Kier alpha value is -1.89. The van der Waals surface area contributed by atoms with E-state index < -0.39 is 0 Å². The smallest absolute Gasteiger partial charge is 0.234 e. The first kappa shape index (κ1) is 20.8. The van der Waals surface area contributed by atoms with E-state index in [1.165, 1.54) is 24.0 Å². The van der Waals surface area contributed by atoms with Crippen LogP contribution in [0.25, 0.3) is 0 Å². The van der Waals surface area contributed by atoms with Crippen LogP contribution in [-0.2, 0) is 11.8 Å². The van der Waals surface area contributed by atoms with Crippen molar-refractivity contribution in [1.82, 2.24) is 25.1 Å². The Balaban J connectivity index is 0.00000225. The second kappa shape index (κ2) is 9.07. The lowest BCUT2D eigenvalue weighted by atomic mass is 10.0. The number of aromatic nitrogens is 2. The van der Waals surface area contributed by atoms with Gasteiger partial charge in [-0.15, -0.1) is 12.4 Å². The number of imidazole rings is 1. The average Bonchev–Trinajstić information content (AvgIpc) is 3.42. The van der Waals surface area contributed by atoms with Crippen LogP contribution in [-0.4, -0.2) is 46.5 Å². The molecule has 2 aromatic rings. The van der Waals surface area contributed by atoms with E-state index in [1.54, 1.807) is 0 Å². The molecule has 4 rings (SSSR count). The van der Waals surface area contributed by atoms with E-state index in [0.717, 1.165) is 25.5 Å². The molecular formula is C21H30ClN5O. The molecule has 2 unspecified atom stereocenters. The van der Waals surface area contributed by atoms with Crippen molar-refractivity contribution in [2.75, 3.05) is 26.2 Å². The van der Waals surface area contributed by atoms with Gasteiger partial charge in [0.05, 0.1) is 18.6 Å². The second-order valence-corrected chi connectivity index (χ2v) is 7.88. The van der Waals surface area contributed by atoms with Crippen molar-refractivity contribution in [2.24, 2.45) is 13.0 Å². The van der Waals surface area contributed by atoms with Crippen molar-refractivity contribution in [3.8, 4) is 0 Å². The van der Waals surface area contributed by atoms with E-state index in [9.17, 15) is 4.79 Å². The summed E-state index contributed by atoms with van der Waals surface area (Å²) < 4.78 is 2.04. The molecule has 6 nitrogen and oxygen atoms in total. The molecule has 1 aliphatic carbocycles. The summed E-state index contributed by atoms with van der Waals surface area (Å²) in [6, 6.07) is 8.82. The summed E-state index contributed by atoms with van der Waals surface area (Å²) in [5.74, 6) is 1.69. The maximum absolute atomic E-state index is 12.9. The minimum Gasteiger partial charge on any atom is -0.348 e. The summed E-state index contributed by atoms with van der Waals surface area (Å²) in [7, 11) is 2.01. The largest absolute Gasteiger partial charge is 0.348 e. The van der Waals surface area contributed by atoms with Crippen molar-refractivity contribution >= 4 is 18.3 Å². The van der Waals surface area contributed by atoms with Gasteiger partial charge >= 0.3 is 0 Å². The monoisotopic (exact) mass is 403 g/mol. The van der Waals surface area contributed by atoms with Crippen molar-refractivity contribution in [3.05, 3.63) is 53.6 Å². The number of hydrogen-bond acceptors (Lipinski definition) is 4. The number of benzene rings is 1. The van der Waals surface area contributed by atoms with Crippen LogP contribution in [0.1, 0.15) is 41.9 Å². The Morgan fingerprint density at radius 3 is 2.71 bits per heavy atom. The van der Waals surface area contributed by atoms with Crippen molar-refractivity contribution < 1.29 is 4.79 Å². The van der Waals surface area contributed by atoms with Crippen molar-refractivity contribution in [3.63, 3.8) is 0 Å². The van der Waals surface area contributed by atoms with E-state index in [1.807, 2.05) is 24.0 Å². The Kier molecular flexibility index (Phi) is 6.75. The van der Waals surface area contributed by atoms with Crippen LogP contribution in [0, 0.1) is 12.8 Å². The molecule has 2 atom stereocenters.